The maximum atomic E-state index is 10.6. The van der Waals surface area contributed by atoms with Crippen LogP contribution in [0.15, 0.2) is 0 Å². The summed E-state index contributed by atoms with van der Waals surface area (Å²) in [6, 6.07) is 0. The molecule has 0 amide bonds. The smallest absolute Gasteiger partial charge is 0.160 e. The second-order valence-electron chi connectivity index (χ2n) is 12.1. The molecule has 0 unspecified atom stereocenters. The molecule has 1 aliphatic rings. The Kier molecular flexibility index (Phi) is 25.7. The minimum absolute atomic E-state index is 0.144. The number of aliphatic hydroxyl groups is 2. The van der Waals surface area contributed by atoms with Crippen LogP contribution in [0.1, 0.15) is 168 Å². The van der Waals surface area contributed by atoms with E-state index >= 15 is 0 Å². The van der Waals surface area contributed by atoms with Gasteiger partial charge in [0, 0.05) is 12.8 Å². The highest BCUT2D eigenvalue weighted by atomic mass is 32.1. The van der Waals surface area contributed by atoms with Gasteiger partial charge in [0.2, 0.25) is 0 Å². The van der Waals surface area contributed by atoms with Crippen LogP contribution in [-0.2, 0) is 14.2 Å². The van der Waals surface area contributed by atoms with Crippen molar-refractivity contribution in [3.8, 4) is 0 Å². The zero-order chi connectivity index (χ0) is 30.0. The minimum atomic E-state index is -1.09. The van der Waals surface area contributed by atoms with Gasteiger partial charge in [-0.05, 0) is 37.3 Å². The van der Waals surface area contributed by atoms with Crippen LogP contribution in [0.25, 0.3) is 0 Å². The first-order valence-electron chi connectivity index (χ1n) is 17.3. The number of hydrogen-bond acceptors (Lipinski definition) is 7. The van der Waals surface area contributed by atoms with E-state index in [1.807, 2.05) is 0 Å². The van der Waals surface area contributed by atoms with Crippen LogP contribution < -0.4 is 0 Å². The van der Waals surface area contributed by atoms with Gasteiger partial charge in [-0.3, -0.25) is 0 Å². The maximum Gasteiger partial charge on any atom is 0.160 e. The Morgan fingerprint density at radius 3 is 1.41 bits per heavy atom. The van der Waals surface area contributed by atoms with Crippen molar-refractivity contribution in [1.82, 2.24) is 0 Å². The number of aliphatic hydroxyl groups excluding tert-OH is 2. The van der Waals surface area contributed by atoms with Gasteiger partial charge in [0.15, 0.2) is 16.2 Å². The predicted molar refractivity (Wildman–Crippen MR) is 180 cm³/mol. The quantitative estimate of drug-likeness (QED) is 0.0703. The molecule has 1 heterocycles. The Balaban J connectivity index is 2.04. The average Bonchev–Trinajstić information content (AvgIpc) is 2.96. The monoisotopic (exact) mass is 616 g/mol. The van der Waals surface area contributed by atoms with Gasteiger partial charge in [-0.1, -0.05) is 142 Å². The molecule has 1 rings (SSSR count). The zero-order valence-corrected chi connectivity index (χ0v) is 28.3. The van der Waals surface area contributed by atoms with E-state index in [1.165, 1.54) is 122 Å². The lowest BCUT2D eigenvalue weighted by atomic mass is 10.0. The molecular weight excluding hydrogens is 553 g/mol. The van der Waals surface area contributed by atoms with Crippen molar-refractivity contribution in [2.24, 2.45) is 0 Å². The van der Waals surface area contributed by atoms with E-state index in [1.54, 1.807) is 0 Å². The summed E-state index contributed by atoms with van der Waals surface area (Å²) in [5, 5.41) is 22.2. The molecule has 0 saturated carbocycles. The summed E-state index contributed by atoms with van der Waals surface area (Å²) in [4.78, 5) is 0. The molecule has 0 aromatic rings. The van der Waals surface area contributed by atoms with Gasteiger partial charge in [-0.15, -0.1) is 0 Å². The van der Waals surface area contributed by atoms with E-state index in [-0.39, 0.29) is 13.2 Å². The molecule has 7 heteroatoms. The molecule has 0 aromatic heterocycles. The molecule has 4 atom stereocenters. The van der Waals surface area contributed by atoms with Crippen LogP contribution in [0.4, 0.5) is 0 Å². The summed E-state index contributed by atoms with van der Waals surface area (Å²) in [7, 11) is 0. The second-order valence-corrected chi connectivity index (χ2v) is 13.0. The Morgan fingerprint density at radius 1 is 0.585 bits per heavy atom. The summed E-state index contributed by atoms with van der Waals surface area (Å²) < 4.78 is 17.3. The largest absolute Gasteiger partial charge is 0.484 e. The van der Waals surface area contributed by atoms with Crippen molar-refractivity contribution >= 4 is 34.5 Å². The summed E-state index contributed by atoms with van der Waals surface area (Å²) in [6.07, 6.45) is 26.4. The van der Waals surface area contributed by atoms with Crippen LogP contribution in [0.2, 0.25) is 0 Å². The molecule has 0 aliphatic carbocycles. The molecule has 0 bridgehead atoms. The first kappa shape index (κ1) is 38.7. The van der Waals surface area contributed by atoms with Crippen LogP contribution in [0.5, 0.6) is 0 Å². The van der Waals surface area contributed by atoms with E-state index in [0.29, 0.717) is 16.5 Å². The Labute approximate surface area is 263 Å². The maximum absolute atomic E-state index is 10.6. The SMILES string of the molecule is CCCCCCCCCCCCCC(=S)OC[C@H]1OC[C@H](OC(=S)CCCCCCCCCCCCC)[C@@H](O)[C@@H]1O. The van der Waals surface area contributed by atoms with E-state index in [2.05, 4.69) is 13.8 Å². The molecule has 5 nitrogen and oxygen atoms in total. The Bertz CT molecular complexity index is 630. The van der Waals surface area contributed by atoms with Crippen molar-refractivity contribution in [1.29, 1.82) is 0 Å². The van der Waals surface area contributed by atoms with Crippen LogP contribution >= 0.6 is 24.4 Å². The second kappa shape index (κ2) is 27.2. The summed E-state index contributed by atoms with van der Waals surface area (Å²) >= 11 is 10.8. The van der Waals surface area contributed by atoms with E-state index in [0.717, 1.165) is 25.7 Å². The highest BCUT2D eigenvalue weighted by Crippen LogP contribution is 2.21. The van der Waals surface area contributed by atoms with Gasteiger partial charge >= 0.3 is 0 Å². The van der Waals surface area contributed by atoms with E-state index < -0.39 is 24.4 Å². The Hall–Kier alpha value is -0.340. The highest BCUT2D eigenvalue weighted by Gasteiger charge is 2.40. The van der Waals surface area contributed by atoms with Crippen molar-refractivity contribution in [2.45, 2.75) is 192 Å². The standard InChI is InChI=1S/C34H64O5S2/c1-3-5-7-9-11-13-15-17-19-21-23-25-31(40)38-27-29-33(35)34(36)30(28-37-29)39-32(41)26-24-22-20-18-16-14-12-10-8-6-4-2/h29-30,33-36H,3-28H2,1-2H3/t29-,30+,33-,34-/m1/s1. The van der Waals surface area contributed by atoms with Crippen molar-refractivity contribution in [2.75, 3.05) is 13.2 Å². The molecule has 1 fully saturated rings. The summed E-state index contributed by atoms with van der Waals surface area (Å²) in [5.41, 5.74) is 0. The van der Waals surface area contributed by atoms with Gasteiger partial charge in [-0.25, -0.2) is 0 Å². The van der Waals surface area contributed by atoms with Crippen LogP contribution in [-0.4, -0.2) is 57.9 Å². The third-order valence-corrected chi connectivity index (χ3v) is 8.87. The minimum Gasteiger partial charge on any atom is -0.484 e. The first-order valence-corrected chi connectivity index (χ1v) is 18.1. The average molecular weight is 617 g/mol. The van der Waals surface area contributed by atoms with E-state index in [9.17, 15) is 10.2 Å². The van der Waals surface area contributed by atoms with Gasteiger partial charge in [0.1, 0.15) is 24.9 Å². The fraction of sp³-hybridized carbons (Fsp3) is 0.941. The molecule has 1 aliphatic heterocycles. The fourth-order valence-corrected chi connectivity index (χ4v) is 5.93. The lowest BCUT2D eigenvalue weighted by Gasteiger charge is -2.37. The zero-order valence-electron chi connectivity index (χ0n) is 26.6. The normalized spacial score (nSPS) is 20.7. The summed E-state index contributed by atoms with van der Waals surface area (Å²) in [6.45, 7) is 4.84. The molecule has 0 spiro atoms. The molecule has 1 saturated heterocycles. The highest BCUT2D eigenvalue weighted by molar-refractivity contribution is 7.80. The van der Waals surface area contributed by atoms with Crippen molar-refractivity contribution < 1.29 is 24.4 Å². The van der Waals surface area contributed by atoms with Gasteiger partial charge < -0.3 is 24.4 Å². The third kappa shape index (κ3) is 21.1. The summed E-state index contributed by atoms with van der Waals surface area (Å²) in [5.74, 6) is 0. The van der Waals surface area contributed by atoms with Crippen molar-refractivity contribution in [3.63, 3.8) is 0 Å². The first-order chi connectivity index (χ1) is 20.0. The van der Waals surface area contributed by atoms with Gasteiger partial charge in [-0.2, -0.15) is 0 Å². The molecule has 41 heavy (non-hydrogen) atoms. The lowest BCUT2D eigenvalue weighted by molar-refractivity contribution is -0.190. The number of thiocarbonyl (C=S) groups is 2. The van der Waals surface area contributed by atoms with Gasteiger partial charge in [0.25, 0.3) is 0 Å². The number of unbranched alkanes of at least 4 members (excludes halogenated alkanes) is 20. The Morgan fingerprint density at radius 2 is 0.976 bits per heavy atom. The molecule has 0 aromatic carbocycles. The van der Waals surface area contributed by atoms with Crippen molar-refractivity contribution in [3.05, 3.63) is 0 Å². The molecule has 2 N–H and O–H groups in total. The van der Waals surface area contributed by atoms with Crippen LogP contribution in [0, 0.1) is 0 Å². The van der Waals surface area contributed by atoms with Crippen LogP contribution in [0.3, 0.4) is 0 Å². The topological polar surface area (TPSA) is 68.2 Å². The number of rotatable bonds is 27. The van der Waals surface area contributed by atoms with E-state index in [4.69, 9.17) is 38.6 Å². The van der Waals surface area contributed by atoms with Gasteiger partial charge in [0.05, 0.1) is 6.61 Å². The fourth-order valence-electron chi connectivity index (χ4n) is 5.45. The predicted octanol–water partition coefficient (Wildman–Crippen LogP) is 9.57. The molecular formula is C34H64O5S2. The molecule has 0 radical (unpaired) electrons. The lowest BCUT2D eigenvalue weighted by Crippen LogP contribution is -2.55. The number of ether oxygens (including phenoxy) is 3. The third-order valence-electron chi connectivity index (χ3n) is 8.25. The number of hydrogen-bond donors (Lipinski definition) is 2. The molecule has 242 valence electrons.